The molecule has 0 saturated heterocycles. The first-order chi connectivity index (χ1) is 12.5. The molecule has 0 aliphatic heterocycles. The van der Waals surface area contributed by atoms with Crippen LogP contribution in [0.1, 0.15) is 36.4 Å². The largest absolute Gasteiger partial charge is 0.421 e. The van der Waals surface area contributed by atoms with Crippen LogP contribution in [0.2, 0.25) is 5.02 Å². The minimum Gasteiger partial charge on any atom is -0.421 e. The lowest BCUT2D eigenvalue weighted by molar-refractivity contribution is -0.121. The van der Waals surface area contributed by atoms with Crippen molar-refractivity contribution in [1.29, 1.82) is 0 Å². The minimum atomic E-state index is -0.0921. The van der Waals surface area contributed by atoms with Gasteiger partial charge in [0.05, 0.1) is 6.04 Å². The van der Waals surface area contributed by atoms with Crippen LogP contribution in [0.15, 0.2) is 52.9 Å². The van der Waals surface area contributed by atoms with Gasteiger partial charge in [0.25, 0.3) is 0 Å². The Kier molecular flexibility index (Phi) is 5.68. The second-order valence-corrected chi connectivity index (χ2v) is 6.64. The molecule has 0 radical (unpaired) electrons. The van der Waals surface area contributed by atoms with E-state index < -0.39 is 0 Å². The molecule has 26 heavy (non-hydrogen) atoms. The van der Waals surface area contributed by atoms with Gasteiger partial charge in [0, 0.05) is 23.4 Å². The van der Waals surface area contributed by atoms with Crippen molar-refractivity contribution in [2.24, 2.45) is 0 Å². The average molecular weight is 370 g/mol. The Labute approximate surface area is 157 Å². The van der Waals surface area contributed by atoms with Gasteiger partial charge in [-0.1, -0.05) is 41.4 Å². The number of hydrogen-bond donors (Lipinski definition) is 1. The third-order valence-corrected chi connectivity index (χ3v) is 4.33. The van der Waals surface area contributed by atoms with Crippen LogP contribution in [0.5, 0.6) is 0 Å². The molecule has 0 unspecified atom stereocenters. The van der Waals surface area contributed by atoms with Crippen LogP contribution >= 0.6 is 11.6 Å². The van der Waals surface area contributed by atoms with E-state index >= 15 is 0 Å². The second-order valence-electron chi connectivity index (χ2n) is 6.21. The van der Waals surface area contributed by atoms with Crippen LogP contribution < -0.4 is 5.32 Å². The predicted octanol–water partition coefficient (Wildman–Crippen LogP) is 4.51. The van der Waals surface area contributed by atoms with E-state index in [4.69, 9.17) is 16.0 Å². The van der Waals surface area contributed by atoms with Gasteiger partial charge in [-0.05, 0) is 43.7 Å². The van der Waals surface area contributed by atoms with Crippen molar-refractivity contribution < 1.29 is 9.21 Å². The maximum absolute atomic E-state index is 12.2. The monoisotopic (exact) mass is 369 g/mol. The Balaban J connectivity index is 1.53. The number of amides is 1. The molecule has 0 bridgehead atoms. The molecular weight excluding hydrogens is 350 g/mol. The lowest BCUT2D eigenvalue weighted by Crippen LogP contribution is -2.26. The molecule has 1 atom stereocenters. The number of carbonyl (C=O) groups excluding carboxylic acids is 1. The molecule has 134 valence electrons. The highest BCUT2D eigenvalue weighted by Gasteiger charge is 2.13. The molecule has 1 N–H and O–H groups in total. The van der Waals surface area contributed by atoms with E-state index in [-0.39, 0.29) is 18.4 Å². The molecule has 2 aromatic carbocycles. The zero-order valence-electron chi connectivity index (χ0n) is 14.7. The summed E-state index contributed by atoms with van der Waals surface area (Å²) >= 11 is 5.88. The summed E-state index contributed by atoms with van der Waals surface area (Å²) < 4.78 is 5.65. The zero-order valence-corrected chi connectivity index (χ0v) is 15.5. The Bertz CT molecular complexity index is 873. The fourth-order valence-electron chi connectivity index (χ4n) is 2.54. The third-order valence-electron chi connectivity index (χ3n) is 4.08. The number of aryl methyl sites for hydroxylation is 2. The molecule has 5 nitrogen and oxygen atoms in total. The molecule has 3 rings (SSSR count). The Morgan fingerprint density at radius 1 is 1.12 bits per heavy atom. The summed E-state index contributed by atoms with van der Waals surface area (Å²) in [7, 11) is 0. The fourth-order valence-corrected chi connectivity index (χ4v) is 2.66. The first-order valence-electron chi connectivity index (χ1n) is 8.45. The number of nitrogens with one attached hydrogen (secondary N) is 1. The number of hydrogen-bond acceptors (Lipinski definition) is 4. The molecule has 1 heterocycles. The minimum absolute atomic E-state index is 0.0671. The highest BCUT2D eigenvalue weighted by molar-refractivity contribution is 6.30. The number of halogens is 1. The zero-order chi connectivity index (χ0) is 18.5. The summed E-state index contributed by atoms with van der Waals surface area (Å²) in [6.07, 6.45) is 0.686. The maximum atomic E-state index is 12.2. The highest BCUT2D eigenvalue weighted by Crippen LogP contribution is 2.19. The standard InChI is InChI=1S/C20H20ClN3O2/c1-13-3-5-16(6-4-13)20-24-23-19(26-20)12-11-18(25)22-14(2)15-7-9-17(21)10-8-15/h3-10,14H,11-12H2,1-2H3,(H,22,25)/t14-/m1/s1. The molecular formula is C20H20ClN3O2. The Morgan fingerprint density at radius 2 is 1.81 bits per heavy atom. The van der Waals surface area contributed by atoms with Crippen molar-refractivity contribution in [3.63, 3.8) is 0 Å². The number of benzene rings is 2. The number of carbonyl (C=O) groups is 1. The van der Waals surface area contributed by atoms with Crippen molar-refractivity contribution in [2.75, 3.05) is 0 Å². The quantitative estimate of drug-likeness (QED) is 0.694. The van der Waals surface area contributed by atoms with Crippen molar-refractivity contribution in [2.45, 2.75) is 32.7 Å². The van der Waals surface area contributed by atoms with E-state index in [1.54, 1.807) is 0 Å². The molecule has 1 aromatic heterocycles. The number of rotatable bonds is 6. The highest BCUT2D eigenvalue weighted by atomic mass is 35.5. The summed E-state index contributed by atoms with van der Waals surface area (Å²) in [6.45, 7) is 3.95. The first-order valence-corrected chi connectivity index (χ1v) is 8.83. The smallest absolute Gasteiger partial charge is 0.247 e. The summed E-state index contributed by atoms with van der Waals surface area (Å²) in [5.41, 5.74) is 3.04. The van der Waals surface area contributed by atoms with Crippen molar-refractivity contribution in [3.8, 4) is 11.5 Å². The van der Waals surface area contributed by atoms with Crippen LogP contribution in [0.4, 0.5) is 0 Å². The normalized spacial score (nSPS) is 12.0. The van der Waals surface area contributed by atoms with Crippen LogP contribution in [0.3, 0.4) is 0 Å². The van der Waals surface area contributed by atoms with Crippen LogP contribution in [-0.2, 0) is 11.2 Å². The molecule has 6 heteroatoms. The lowest BCUT2D eigenvalue weighted by Gasteiger charge is -2.14. The summed E-state index contributed by atoms with van der Waals surface area (Å²) in [6, 6.07) is 15.2. The number of aromatic nitrogens is 2. The van der Waals surface area contributed by atoms with E-state index in [1.165, 1.54) is 5.56 Å². The van der Waals surface area contributed by atoms with E-state index in [1.807, 2.05) is 62.4 Å². The fraction of sp³-hybridized carbons (Fsp3) is 0.250. The van der Waals surface area contributed by atoms with Gasteiger partial charge in [-0.15, -0.1) is 10.2 Å². The predicted molar refractivity (Wildman–Crippen MR) is 101 cm³/mol. The Morgan fingerprint density at radius 3 is 2.50 bits per heavy atom. The van der Waals surface area contributed by atoms with Crippen molar-refractivity contribution in [3.05, 3.63) is 70.6 Å². The maximum Gasteiger partial charge on any atom is 0.247 e. The molecule has 3 aromatic rings. The van der Waals surface area contributed by atoms with Crippen LogP contribution in [-0.4, -0.2) is 16.1 Å². The average Bonchev–Trinajstić information content (AvgIpc) is 3.10. The molecule has 0 spiro atoms. The van der Waals surface area contributed by atoms with Gasteiger partial charge in [0.15, 0.2) is 0 Å². The first kappa shape index (κ1) is 18.1. The molecule has 0 saturated carbocycles. The molecule has 0 fully saturated rings. The summed E-state index contributed by atoms with van der Waals surface area (Å²) in [4.78, 5) is 12.2. The SMILES string of the molecule is Cc1ccc(-c2nnc(CCC(=O)N[C@H](C)c3ccc(Cl)cc3)o2)cc1. The van der Waals surface area contributed by atoms with Crippen molar-refractivity contribution in [1.82, 2.24) is 15.5 Å². The second kappa shape index (κ2) is 8.15. The topological polar surface area (TPSA) is 68.0 Å². The van der Waals surface area contributed by atoms with Gasteiger partial charge in [-0.2, -0.15) is 0 Å². The lowest BCUT2D eigenvalue weighted by atomic mass is 10.1. The third kappa shape index (κ3) is 4.70. The van der Waals surface area contributed by atoms with Gasteiger partial charge in [-0.25, -0.2) is 0 Å². The van der Waals surface area contributed by atoms with Gasteiger partial charge in [0.1, 0.15) is 0 Å². The summed E-state index contributed by atoms with van der Waals surface area (Å²) in [5, 5.41) is 11.7. The van der Waals surface area contributed by atoms with Gasteiger partial charge in [0.2, 0.25) is 17.7 Å². The van der Waals surface area contributed by atoms with Gasteiger partial charge < -0.3 is 9.73 Å². The van der Waals surface area contributed by atoms with E-state index in [0.717, 1.165) is 11.1 Å². The number of nitrogens with zero attached hydrogens (tertiary/aromatic N) is 2. The molecule has 0 aliphatic rings. The van der Waals surface area contributed by atoms with Crippen LogP contribution in [0.25, 0.3) is 11.5 Å². The van der Waals surface area contributed by atoms with E-state index in [9.17, 15) is 4.79 Å². The Hall–Kier alpha value is -2.66. The van der Waals surface area contributed by atoms with Crippen LogP contribution in [0, 0.1) is 6.92 Å². The van der Waals surface area contributed by atoms with Crippen molar-refractivity contribution >= 4 is 17.5 Å². The molecule has 0 aliphatic carbocycles. The van der Waals surface area contributed by atoms with E-state index in [2.05, 4.69) is 15.5 Å². The molecule has 1 amide bonds. The van der Waals surface area contributed by atoms with Gasteiger partial charge in [-0.3, -0.25) is 4.79 Å². The van der Waals surface area contributed by atoms with Gasteiger partial charge >= 0.3 is 0 Å². The van der Waals surface area contributed by atoms with E-state index in [0.29, 0.717) is 23.2 Å². The summed E-state index contributed by atoms with van der Waals surface area (Å²) in [5.74, 6) is 0.854.